The predicted octanol–water partition coefficient (Wildman–Crippen LogP) is 3.90. The van der Waals surface area contributed by atoms with Gasteiger partial charge in [0.1, 0.15) is 22.5 Å². The molecule has 0 spiro atoms. The Balaban J connectivity index is 2.46. The molecule has 0 atom stereocenters. The lowest BCUT2D eigenvalue weighted by atomic mass is 10.1. The largest absolute Gasteiger partial charge is 0.497 e. The Morgan fingerprint density at radius 1 is 1.26 bits per heavy atom. The van der Waals surface area contributed by atoms with Crippen molar-refractivity contribution in [3.05, 3.63) is 41.1 Å². The highest BCUT2D eigenvalue weighted by molar-refractivity contribution is 6.29. The molecule has 100 valence electrons. The molecule has 2 rings (SSSR count). The number of hydrogen-bond acceptors (Lipinski definition) is 3. The van der Waals surface area contributed by atoms with E-state index in [1.165, 1.54) is 13.2 Å². The van der Waals surface area contributed by atoms with E-state index in [4.69, 9.17) is 16.3 Å². The molecular weight excluding hydrogens is 267 g/mol. The summed E-state index contributed by atoms with van der Waals surface area (Å²) in [6.07, 6.45) is 1.62. The van der Waals surface area contributed by atoms with Crippen molar-refractivity contribution in [3.8, 4) is 17.0 Å². The molecule has 0 bridgehead atoms. The molecule has 0 unspecified atom stereocenters. The number of aromatic nitrogens is 2. The van der Waals surface area contributed by atoms with Gasteiger partial charge in [-0.2, -0.15) is 0 Å². The molecule has 1 heterocycles. The van der Waals surface area contributed by atoms with E-state index >= 15 is 0 Å². The van der Waals surface area contributed by atoms with E-state index in [0.29, 0.717) is 34.4 Å². The summed E-state index contributed by atoms with van der Waals surface area (Å²) >= 11 is 5.95. The van der Waals surface area contributed by atoms with Crippen LogP contribution in [0.3, 0.4) is 0 Å². The van der Waals surface area contributed by atoms with Crippen LogP contribution >= 0.6 is 11.6 Å². The van der Waals surface area contributed by atoms with Gasteiger partial charge in [-0.1, -0.05) is 18.5 Å². The summed E-state index contributed by atoms with van der Waals surface area (Å²) in [5, 5.41) is 0.323. The summed E-state index contributed by atoms with van der Waals surface area (Å²) < 4.78 is 19.0. The first kappa shape index (κ1) is 13.7. The van der Waals surface area contributed by atoms with Gasteiger partial charge in [0, 0.05) is 24.1 Å². The van der Waals surface area contributed by atoms with E-state index in [9.17, 15) is 4.39 Å². The van der Waals surface area contributed by atoms with Crippen LogP contribution in [0.25, 0.3) is 11.3 Å². The van der Waals surface area contributed by atoms with Crippen molar-refractivity contribution in [3.63, 3.8) is 0 Å². The van der Waals surface area contributed by atoms with Gasteiger partial charge in [-0.15, -0.1) is 0 Å². The third-order valence-electron chi connectivity index (χ3n) is 2.67. The fraction of sp³-hybridized carbons (Fsp3) is 0.286. The van der Waals surface area contributed by atoms with Crippen molar-refractivity contribution in [1.29, 1.82) is 0 Å². The van der Waals surface area contributed by atoms with Gasteiger partial charge in [-0.25, -0.2) is 14.4 Å². The summed E-state index contributed by atoms with van der Waals surface area (Å²) in [5.41, 5.74) is 0.881. The number of ether oxygens (including phenoxy) is 1. The van der Waals surface area contributed by atoms with E-state index in [1.807, 2.05) is 6.92 Å². The molecule has 19 heavy (non-hydrogen) atoms. The van der Waals surface area contributed by atoms with E-state index in [2.05, 4.69) is 9.97 Å². The maximum Gasteiger partial charge on any atom is 0.136 e. The van der Waals surface area contributed by atoms with Crippen LogP contribution in [0, 0.1) is 5.82 Å². The lowest BCUT2D eigenvalue weighted by Gasteiger charge is -2.07. The second-order valence-electron chi connectivity index (χ2n) is 4.09. The third-order valence-corrected chi connectivity index (χ3v) is 2.86. The van der Waals surface area contributed by atoms with Crippen LogP contribution in [0.5, 0.6) is 5.75 Å². The zero-order chi connectivity index (χ0) is 13.8. The minimum Gasteiger partial charge on any atom is -0.497 e. The van der Waals surface area contributed by atoms with Crippen LogP contribution < -0.4 is 4.74 Å². The molecule has 1 aromatic heterocycles. The maximum atomic E-state index is 14.0. The number of nitrogens with zero attached hydrogens (tertiary/aromatic N) is 2. The highest BCUT2D eigenvalue weighted by atomic mass is 35.5. The van der Waals surface area contributed by atoms with E-state index in [0.717, 1.165) is 6.42 Å². The summed E-state index contributed by atoms with van der Waals surface area (Å²) in [4.78, 5) is 8.45. The predicted molar refractivity (Wildman–Crippen MR) is 73.0 cm³/mol. The van der Waals surface area contributed by atoms with Gasteiger partial charge < -0.3 is 4.74 Å². The summed E-state index contributed by atoms with van der Waals surface area (Å²) in [6.45, 7) is 2.03. The summed E-state index contributed by atoms with van der Waals surface area (Å²) in [6, 6.07) is 6.20. The van der Waals surface area contributed by atoms with Crippen molar-refractivity contribution < 1.29 is 9.13 Å². The fourth-order valence-electron chi connectivity index (χ4n) is 1.77. The minimum absolute atomic E-state index is 0.323. The molecule has 0 aliphatic carbocycles. The molecule has 0 saturated heterocycles. The van der Waals surface area contributed by atoms with Gasteiger partial charge in [0.15, 0.2) is 0 Å². The van der Waals surface area contributed by atoms with Crippen LogP contribution in [0.2, 0.25) is 5.15 Å². The molecule has 0 radical (unpaired) electrons. The Kier molecular flexibility index (Phi) is 4.32. The van der Waals surface area contributed by atoms with Gasteiger partial charge in [0.25, 0.3) is 0 Å². The summed E-state index contributed by atoms with van der Waals surface area (Å²) in [5.74, 6) is 0.701. The lowest BCUT2D eigenvalue weighted by Crippen LogP contribution is -1.98. The topological polar surface area (TPSA) is 35.0 Å². The first-order chi connectivity index (χ1) is 9.13. The van der Waals surface area contributed by atoms with Gasteiger partial charge in [-0.05, 0) is 18.6 Å². The van der Waals surface area contributed by atoms with Crippen LogP contribution in [0.15, 0.2) is 24.3 Å². The van der Waals surface area contributed by atoms with Crippen LogP contribution in [-0.2, 0) is 6.42 Å². The van der Waals surface area contributed by atoms with E-state index < -0.39 is 5.82 Å². The average Bonchev–Trinajstić information content (AvgIpc) is 2.38. The fourth-order valence-corrected chi connectivity index (χ4v) is 1.97. The smallest absolute Gasteiger partial charge is 0.136 e. The quantitative estimate of drug-likeness (QED) is 0.797. The highest BCUT2D eigenvalue weighted by Crippen LogP contribution is 2.26. The molecule has 2 aromatic rings. The minimum atomic E-state index is -0.392. The number of rotatable bonds is 4. The number of hydrogen-bond donors (Lipinski definition) is 0. The van der Waals surface area contributed by atoms with Crippen LogP contribution in [0.1, 0.15) is 19.2 Å². The van der Waals surface area contributed by atoms with Crippen LogP contribution in [0.4, 0.5) is 4.39 Å². The standard InChI is InChI=1S/C14H14ClFN2O/c1-3-4-14-17-12(8-13(15)18-14)10-6-5-9(19-2)7-11(10)16/h5-8H,3-4H2,1-2H3. The first-order valence-electron chi connectivity index (χ1n) is 6.01. The number of halogens is 2. The summed E-state index contributed by atoms with van der Waals surface area (Å²) in [7, 11) is 1.50. The molecular formula is C14H14ClFN2O. The lowest BCUT2D eigenvalue weighted by molar-refractivity contribution is 0.411. The van der Waals surface area contributed by atoms with E-state index in [1.54, 1.807) is 18.2 Å². The zero-order valence-corrected chi connectivity index (χ0v) is 11.5. The SMILES string of the molecule is CCCc1nc(Cl)cc(-c2ccc(OC)cc2F)n1. The van der Waals surface area contributed by atoms with Gasteiger partial charge in [0.05, 0.1) is 12.8 Å². The molecule has 0 aliphatic heterocycles. The molecule has 0 saturated carbocycles. The first-order valence-corrected chi connectivity index (χ1v) is 6.39. The molecule has 0 aliphatic rings. The zero-order valence-electron chi connectivity index (χ0n) is 10.8. The third kappa shape index (κ3) is 3.20. The number of methoxy groups -OCH3 is 1. The Labute approximate surface area is 116 Å². The van der Waals surface area contributed by atoms with Gasteiger partial charge in [0.2, 0.25) is 0 Å². The van der Waals surface area contributed by atoms with Crippen molar-refractivity contribution in [2.75, 3.05) is 7.11 Å². The Morgan fingerprint density at radius 2 is 2.05 bits per heavy atom. The highest BCUT2D eigenvalue weighted by Gasteiger charge is 2.10. The van der Waals surface area contributed by atoms with Gasteiger partial charge >= 0.3 is 0 Å². The molecule has 1 aromatic carbocycles. The van der Waals surface area contributed by atoms with Gasteiger partial charge in [-0.3, -0.25) is 0 Å². The Bertz CT molecular complexity index is 590. The Morgan fingerprint density at radius 3 is 2.68 bits per heavy atom. The maximum absolute atomic E-state index is 14.0. The molecule has 3 nitrogen and oxygen atoms in total. The molecule has 5 heteroatoms. The number of aryl methyl sites for hydroxylation is 1. The monoisotopic (exact) mass is 280 g/mol. The van der Waals surface area contributed by atoms with E-state index in [-0.39, 0.29) is 0 Å². The second kappa shape index (κ2) is 5.97. The normalized spacial score (nSPS) is 10.5. The van der Waals surface area contributed by atoms with Crippen molar-refractivity contribution >= 4 is 11.6 Å². The Hall–Kier alpha value is -1.68. The molecule has 0 fully saturated rings. The number of benzene rings is 1. The second-order valence-corrected chi connectivity index (χ2v) is 4.48. The van der Waals surface area contributed by atoms with Crippen molar-refractivity contribution in [2.45, 2.75) is 19.8 Å². The molecule has 0 amide bonds. The average molecular weight is 281 g/mol. The van der Waals surface area contributed by atoms with Crippen LogP contribution in [-0.4, -0.2) is 17.1 Å². The molecule has 0 N–H and O–H groups in total. The van der Waals surface area contributed by atoms with Crippen molar-refractivity contribution in [2.24, 2.45) is 0 Å². The van der Waals surface area contributed by atoms with Crippen molar-refractivity contribution in [1.82, 2.24) is 9.97 Å².